The van der Waals surface area contributed by atoms with E-state index in [1.54, 1.807) is 5.38 Å². The van der Waals surface area contributed by atoms with Crippen molar-refractivity contribution in [3.05, 3.63) is 70.5 Å². The van der Waals surface area contributed by atoms with E-state index < -0.39 is 17.5 Å². The minimum absolute atomic E-state index is 0.0382. The number of amides is 1. The zero-order valence-electron chi connectivity index (χ0n) is 15.3. The van der Waals surface area contributed by atoms with Gasteiger partial charge in [-0.25, -0.2) is 18.2 Å². The molecule has 1 fully saturated rings. The molecule has 1 N–H and O–H groups in total. The Morgan fingerprint density at radius 1 is 1.14 bits per heavy atom. The molecule has 1 aliphatic rings. The van der Waals surface area contributed by atoms with Crippen molar-refractivity contribution in [1.82, 2.24) is 10.3 Å². The molecule has 8 heteroatoms. The van der Waals surface area contributed by atoms with E-state index in [1.807, 2.05) is 0 Å². The van der Waals surface area contributed by atoms with Gasteiger partial charge in [0, 0.05) is 29.1 Å². The second kappa shape index (κ2) is 8.24. The Bertz CT molecular complexity index is 1050. The first kappa shape index (κ1) is 19.4. The zero-order valence-corrected chi connectivity index (χ0v) is 16.1. The van der Waals surface area contributed by atoms with Gasteiger partial charge in [0.1, 0.15) is 40.5 Å². The summed E-state index contributed by atoms with van der Waals surface area (Å²) in [6.07, 6.45) is 2.27. The maximum absolute atomic E-state index is 14.5. The number of carbonyl (C=O) groups is 1. The molecule has 0 spiro atoms. The van der Waals surface area contributed by atoms with Gasteiger partial charge >= 0.3 is 0 Å². The van der Waals surface area contributed by atoms with Gasteiger partial charge < -0.3 is 10.1 Å². The molecule has 0 atom stereocenters. The molecule has 1 saturated carbocycles. The van der Waals surface area contributed by atoms with E-state index in [0.717, 1.165) is 37.1 Å². The van der Waals surface area contributed by atoms with E-state index in [1.165, 1.54) is 23.5 Å². The van der Waals surface area contributed by atoms with Gasteiger partial charge in [-0.3, -0.25) is 4.79 Å². The molecule has 0 aliphatic heterocycles. The molecule has 4 nitrogen and oxygen atoms in total. The van der Waals surface area contributed by atoms with E-state index in [0.29, 0.717) is 17.5 Å². The van der Waals surface area contributed by atoms with Crippen molar-refractivity contribution >= 4 is 17.2 Å². The van der Waals surface area contributed by atoms with E-state index in [-0.39, 0.29) is 35.1 Å². The van der Waals surface area contributed by atoms with Crippen molar-refractivity contribution in [1.29, 1.82) is 0 Å². The highest BCUT2D eigenvalue weighted by molar-refractivity contribution is 7.13. The summed E-state index contributed by atoms with van der Waals surface area (Å²) in [6.45, 7) is 0.406. The minimum Gasteiger partial charge on any atom is -0.489 e. The maximum Gasteiger partial charge on any atom is 0.270 e. The lowest BCUT2D eigenvalue weighted by Crippen LogP contribution is -2.25. The number of nitrogens with zero attached hydrogens (tertiary/aromatic N) is 1. The lowest BCUT2D eigenvalue weighted by atomic mass is 10.2. The third-order valence-corrected chi connectivity index (χ3v) is 5.43. The number of rotatable bonds is 7. The number of ether oxygens (including phenoxy) is 1. The normalized spacial score (nSPS) is 13.3. The van der Waals surface area contributed by atoms with Crippen molar-refractivity contribution in [2.75, 3.05) is 6.54 Å². The Morgan fingerprint density at radius 2 is 1.97 bits per heavy atom. The average Bonchev–Trinajstić information content (AvgIpc) is 3.41. The largest absolute Gasteiger partial charge is 0.489 e. The Kier molecular flexibility index (Phi) is 5.53. The SMILES string of the molecule is O=C(NCC1CC1)c1csc(-c2ccc(OCc3cc(F)ccc3F)cc2F)n1. The molecule has 0 radical (unpaired) electrons. The summed E-state index contributed by atoms with van der Waals surface area (Å²) >= 11 is 1.17. The zero-order chi connectivity index (χ0) is 20.4. The number of halogens is 3. The maximum atomic E-state index is 14.5. The van der Waals surface area contributed by atoms with E-state index in [4.69, 9.17) is 4.74 Å². The van der Waals surface area contributed by atoms with Crippen LogP contribution < -0.4 is 10.1 Å². The van der Waals surface area contributed by atoms with Crippen molar-refractivity contribution in [3.8, 4) is 16.3 Å². The highest BCUT2D eigenvalue weighted by Gasteiger charge is 2.22. The summed E-state index contributed by atoms with van der Waals surface area (Å²) in [7, 11) is 0. The fourth-order valence-electron chi connectivity index (χ4n) is 2.73. The summed E-state index contributed by atoms with van der Waals surface area (Å²) < 4.78 is 46.8. The third-order valence-electron chi connectivity index (χ3n) is 4.56. The second-order valence-electron chi connectivity index (χ2n) is 6.86. The monoisotopic (exact) mass is 418 g/mol. The molecule has 1 aromatic heterocycles. The van der Waals surface area contributed by atoms with Crippen molar-refractivity contribution in [3.63, 3.8) is 0 Å². The van der Waals surface area contributed by atoms with Gasteiger partial charge in [-0.15, -0.1) is 11.3 Å². The summed E-state index contributed by atoms with van der Waals surface area (Å²) in [5.74, 6) is -1.29. The van der Waals surface area contributed by atoms with Crippen LogP contribution in [-0.2, 0) is 6.61 Å². The molecule has 1 amide bonds. The van der Waals surface area contributed by atoms with Crippen LogP contribution in [0.3, 0.4) is 0 Å². The quantitative estimate of drug-likeness (QED) is 0.591. The van der Waals surface area contributed by atoms with E-state index in [2.05, 4.69) is 10.3 Å². The molecule has 4 rings (SSSR count). The summed E-state index contributed by atoms with van der Waals surface area (Å²) in [4.78, 5) is 16.3. The third kappa shape index (κ3) is 4.76. The van der Waals surface area contributed by atoms with Gasteiger partial charge in [-0.1, -0.05) is 0 Å². The topological polar surface area (TPSA) is 51.2 Å². The molecule has 150 valence electrons. The summed E-state index contributed by atoms with van der Waals surface area (Å²) in [6, 6.07) is 7.22. The smallest absolute Gasteiger partial charge is 0.270 e. The standard InChI is InChI=1S/C21H17F3N2O2S/c22-14-3-6-17(23)13(7-14)10-28-15-4-5-16(18(24)8-15)21-26-19(11-29-21)20(27)25-9-12-1-2-12/h3-8,11-12H,1-2,9-10H2,(H,25,27). The number of carbonyl (C=O) groups excluding carboxylic acids is 1. The Labute approximate surface area is 169 Å². The Hall–Kier alpha value is -2.87. The number of hydrogen-bond donors (Lipinski definition) is 1. The van der Waals surface area contributed by atoms with E-state index >= 15 is 0 Å². The van der Waals surface area contributed by atoms with Gasteiger partial charge in [0.05, 0.1) is 0 Å². The molecule has 29 heavy (non-hydrogen) atoms. The van der Waals surface area contributed by atoms with Crippen molar-refractivity contribution in [2.45, 2.75) is 19.4 Å². The van der Waals surface area contributed by atoms with Gasteiger partial charge in [-0.2, -0.15) is 0 Å². The number of nitrogens with one attached hydrogen (secondary N) is 1. The highest BCUT2D eigenvalue weighted by atomic mass is 32.1. The van der Waals surface area contributed by atoms with Crippen molar-refractivity contribution in [2.24, 2.45) is 5.92 Å². The molecule has 0 saturated heterocycles. The first-order chi connectivity index (χ1) is 14.0. The molecule has 0 bridgehead atoms. The van der Waals surface area contributed by atoms with Gasteiger partial charge in [0.15, 0.2) is 0 Å². The summed E-state index contributed by atoms with van der Waals surface area (Å²) in [5.41, 5.74) is 0.531. The van der Waals surface area contributed by atoms with Crippen LogP contribution in [-0.4, -0.2) is 17.4 Å². The fraction of sp³-hybridized carbons (Fsp3) is 0.238. The fourth-order valence-corrected chi connectivity index (χ4v) is 3.55. The van der Waals surface area contributed by atoms with Gasteiger partial charge in [0.25, 0.3) is 5.91 Å². The molecular formula is C21H17F3N2O2S. The van der Waals surface area contributed by atoms with Crippen LogP contribution in [0.25, 0.3) is 10.6 Å². The number of hydrogen-bond acceptors (Lipinski definition) is 4. The van der Waals surface area contributed by atoms with E-state index in [9.17, 15) is 18.0 Å². The molecule has 3 aromatic rings. The number of benzene rings is 2. The van der Waals surface area contributed by atoms with Crippen LogP contribution in [0, 0.1) is 23.4 Å². The van der Waals surface area contributed by atoms with Gasteiger partial charge in [-0.05, 0) is 49.1 Å². The lowest BCUT2D eigenvalue weighted by Gasteiger charge is -2.08. The van der Waals surface area contributed by atoms with Crippen LogP contribution in [0.15, 0.2) is 41.8 Å². The van der Waals surface area contributed by atoms with Crippen LogP contribution in [0.4, 0.5) is 13.2 Å². The Balaban J connectivity index is 1.43. The predicted octanol–water partition coefficient (Wildman–Crippen LogP) is 4.95. The predicted molar refractivity (Wildman–Crippen MR) is 103 cm³/mol. The molecular weight excluding hydrogens is 401 g/mol. The average molecular weight is 418 g/mol. The minimum atomic E-state index is -0.598. The second-order valence-corrected chi connectivity index (χ2v) is 7.72. The number of thiazole rings is 1. The number of aromatic nitrogens is 1. The van der Waals surface area contributed by atoms with Crippen LogP contribution in [0.5, 0.6) is 5.75 Å². The van der Waals surface area contributed by atoms with Gasteiger partial charge in [0.2, 0.25) is 0 Å². The van der Waals surface area contributed by atoms with Crippen LogP contribution >= 0.6 is 11.3 Å². The lowest BCUT2D eigenvalue weighted by molar-refractivity contribution is 0.0947. The highest BCUT2D eigenvalue weighted by Crippen LogP contribution is 2.30. The molecule has 1 aliphatic carbocycles. The first-order valence-electron chi connectivity index (χ1n) is 9.10. The van der Waals surface area contributed by atoms with Crippen molar-refractivity contribution < 1.29 is 22.7 Å². The molecule has 2 aromatic carbocycles. The molecule has 1 heterocycles. The van der Waals surface area contributed by atoms with Crippen LogP contribution in [0.1, 0.15) is 28.9 Å². The first-order valence-corrected chi connectivity index (χ1v) is 9.98. The molecule has 0 unspecified atom stereocenters. The summed E-state index contributed by atoms with van der Waals surface area (Å²) in [5, 5.41) is 4.79. The Morgan fingerprint density at radius 3 is 2.72 bits per heavy atom. The van der Waals surface area contributed by atoms with Crippen LogP contribution in [0.2, 0.25) is 0 Å².